The Morgan fingerprint density at radius 1 is 0.605 bits per heavy atom. The van der Waals surface area contributed by atoms with Crippen molar-refractivity contribution in [2.45, 2.75) is 38.8 Å². The second-order valence-corrected chi connectivity index (χ2v) is 10.0. The summed E-state index contributed by atoms with van der Waals surface area (Å²) in [5, 5.41) is 14.2. The van der Waals surface area contributed by atoms with Gasteiger partial charge in [0.25, 0.3) is 0 Å². The van der Waals surface area contributed by atoms with Gasteiger partial charge in [-0.25, -0.2) is 0 Å². The van der Waals surface area contributed by atoms with E-state index in [2.05, 4.69) is 68.6 Å². The fourth-order valence-electron chi connectivity index (χ4n) is 4.67. The maximum absolute atomic E-state index is 5.56. The Bertz CT molecular complexity index is 833. The molecule has 0 aliphatic carbocycles. The van der Waals surface area contributed by atoms with Crippen LogP contribution in [-0.4, -0.2) is 78.7 Å². The fourth-order valence-corrected chi connectivity index (χ4v) is 4.67. The number of rotatable bonds is 20. The molecular formula is C30H51N7O. The minimum atomic E-state index is 0.750. The molecule has 0 aromatic heterocycles. The molecule has 1 heterocycles. The molecule has 1 saturated heterocycles. The standard InChI is InChI=1S/C30H51N7O/c31-9-1-11-33-13-3-15-35-24-26-21-27(25-36-16-4-14-34-12-2-10-32)23-29(22-26)28-5-7-30(8-6-28)37-17-19-38-20-18-37/h5-8,21-23,33-36H,1-4,9-20,24-25,31-32H2. The Balaban J connectivity index is 1.56. The van der Waals surface area contributed by atoms with E-state index < -0.39 is 0 Å². The number of nitrogens with zero attached hydrogens (tertiary/aromatic N) is 1. The number of nitrogens with one attached hydrogen (secondary N) is 4. The summed E-state index contributed by atoms with van der Waals surface area (Å²) in [7, 11) is 0. The molecule has 38 heavy (non-hydrogen) atoms. The normalized spacial score (nSPS) is 13.8. The van der Waals surface area contributed by atoms with Gasteiger partial charge in [0.2, 0.25) is 0 Å². The highest BCUT2D eigenvalue weighted by Gasteiger charge is 2.11. The first-order valence-electron chi connectivity index (χ1n) is 14.6. The Kier molecular flexibility index (Phi) is 15.3. The van der Waals surface area contributed by atoms with Gasteiger partial charge in [0.15, 0.2) is 0 Å². The molecule has 2 aromatic carbocycles. The van der Waals surface area contributed by atoms with Crippen molar-refractivity contribution >= 4 is 5.69 Å². The van der Waals surface area contributed by atoms with Crippen LogP contribution in [0, 0.1) is 0 Å². The van der Waals surface area contributed by atoms with Gasteiger partial charge >= 0.3 is 0 Å². The molecule has 8 heteroatoms. The van der Waals surface area contributed by atoms with E-state index in [1.807, 2.05) is 0 Å². The van der Waals surface area contributed by atoms with Crippen LogP contribution < -0.4 is 37.6 Å². The van der Waals surface area contributed by atoms with E-state index in [0.717, 1.165) is 117 Å². The first-order chi connectivity index (χ1) is 18.8. The lowest BCUT2D eigenvalue weighted by atomic mass is 9.99. The Morgan fingerprint density at radius 2 is 1.11 bits per heavy atom. The molecule has 0 radical (unpaired) electrons. The molecule has 1 aliphatic heterocycles. The van der Waals surface area contributed by atoms with E-state index in [-0.39, 0.29) is 0 Å². The highest BCUT2D eigenvalue weighted by molar-refractivity contribution is 5.68. The van der Waals surface area contributed by atoms with E-state index in [9.17, 15) is 0 Å². The first kappa shape index (κ1) is 30.5. The zero-order chi connectivity index (χ0) is 26.7. The molecule has 0 saturated carbocycles. The summed E-state index contributed by atoms with van der Waals surface area (Å²) in [5.74, 6) is 0. The Labute approximate surface area is 230 Å². The third kappa shape index (κ3) is 11.8. The van der Waals surface area contributed by atoms with Crippen molar-refractivity contribution in [1.82, 2.24) is 21.3 Å². The molecule has 0 atom stereocenters. The number of morpholine rings is 1. The van der Waals surface area contributed by atoms with Crippen LogP contribution in [0.15, 0.2) is 42.5 Å². The highest BCUT2D eigenvalue weighted by atomic mass is 16.5. The zero-order valence-electron chi connectivity index (χ0n) is 23.3. The molecule has 212 valence electrons. The predicted molar refractivity (Wildman–Crippen MR) is 161 cm³/mol. The summed E-state index contributed by atoms with van der Waals surface area (Å²) in [6.07, 6.45) is 4.30. The maximum Gasteiger partial charge on any atom is 0.0642 e. The number of anilines is 1. The van der Waals surface area contributed by atoms with Crippen molar-refractivity contribution in [3.63, 3.8) is 0 Å². The molecule has 3 rings (SSSR count). The van der Waals surface area contributed by atoms with Crippen molar-refractivity contribution < 1.29 is 4.74 Å². The summed E-state index contributed by atoms with van der Waals surface area (Å²) in [4.78, 5) is 2.40. The molecule has 2 aromatic rings. The Morgan fingerprint density at radius 3 is 1.63 bits per heavy atom. The van der Waals surface area contributed by atoms with Gasteiger partial charge in [-0.15, -0.1) is 0 Å². The number of hydrogen-bond acceptors (Lipinski definition) is 8. The van der Waals surface area contributed by atoms with E-state index in [0.29, 0.717) is 0 Å². The van der Waals surface area contributed by atoms with Gasteiger partial charge in [0, 0.05) is 31.9 Å². The molecule has 8 nitrogen and oxygen atoms in total. The average molecular weight is 526 g/mol. The van der Waals surface area contributed by atoms with Gasteiger partial charge in [-0.05, 0) is 125 Å². The molecule has 1 fully saturated rings. The predicted octanol–water partition coefficient (Wildman–Crippen LogP) is 2.03. The summed E-state index contributed by atoms with van der Waals surface area (Å²) in [6.45, 7) is 12.8. The van der Waals surface area contributed by atoms with Crippen LogP contribution in [0.3, 0.4) is 0 Å². The van der Waals surface area contributed by atoms with Crippen LogP contribution in [0.25, 0.3) is 11.1 Å². The third-order valence-electron chi connectivity index (χ3n) is 6.82. The number of nitrogens with two attached hydrogens (primary N) is 2. The summed E-state index contributed by atoms with van der Waals surface area (Å²) >= 11 is 0. The summed E-state index contributed by atoms with van der Waals surface area (Å²) in [5.41, 5.74) is 17.6. The van der Waals surface area contributed by atoms with E-state index in [1.54, 1.807) is 0 Å². The monoisotopic (exact) mass is 525 g/mol. The maximum atomic E-state index is 5.56. The quantitative estimate of drug-likeness (QED) is 0.146. The van der Waals surface area contributed by atoms with Crippen LogP contribution in [0.2, 0.25) is 0 Å². The van der Waals surface area contributed by atoms with Crippen LogP contribution in [0.4, 0.5) is 5.69 Å². The topological polar surface area (TPSA) is 113 Å². The van der Waals surface area contributed by atoms with Gasteiger partial charge in [-0.3, -0.25) is 0 Å². The lowest BCUT2D eigenvalue weighted by Gasteiger charge is -2.29. The zero-order valence-corrected chi connectivity index (χ0v) is 23.3. The van der Waals surface area contributed by atoms with Gasteiger partial charge in [0.05, 0.1) is 13.2 Å². The number of ether oxygens (including phenoxy) is 1. The molecule has 0 bridgehead atoms. The van der Waals surface area contributed by atoms with Crippen LogP contribution in [0.1, 0.15) is 36.8 Å². The van der Waals surface area contributed by atoms with Gasteiger partial charge in [-0.1, -0.05) is 18.2 Å². The third-order valence-corrected chi connectivity index (χ3v) is 6.82. The van der Waals surface area contributed by atoms with Gasteiger partial charge < -0.3 is 42.4 Å². The van der Waals surface area contributed by atoms with Gasteiger partial charge in [0.1, 0.15) is 0 Å². The lowest BCUT2D eigenvalue weighted by Crippen LogP contribution is -2.36. The SMILES string of the molecule is NCCCNCCCNCc1cc(CNCCCNCCCN)cc(-c2ccc(N3CCOCC3)cc2)c1. The number of hydrogen-bond donors (Lipinski definition) is 6. The second kappa shape index (κ2) is 19.1. The fraction of sp³-hybridized carbons (Fsp3) is 0.600. The molecule has 0 unspecified atom stereocenters. The average Bonchev–Trinajstić information content (AvgIpc) is 2.96. The molecule has 8 N–H and O–H groups in total. The van der Waals surface area contributed by atoms with E-state index in [4.69, 9.17) is 16.2 Å². The second-order valence-electron chi connectivity index (χ2n) is 10.0. The largest absolute Gasteiger partial charge is 0.378 e. The van der Waals surface area contributed by atoms with Crippen molar-refractivity contribution in [2.24, 2.45) is 11.5 Å². The Hall–Kier alpha value is -2.04. The minimum absolute atomic E-state index is 0.750. The smallest absolute Gasteiger partial charge is 0.0642 e. The highest BCUT2D eigenvalue weighted by Crippen LogP contribution is 2.26. The van der Waals surface area contributed by atoms with Crippen molar-refractivity contribution in [3.05, 3.63) is 53.6 Å². The van der Waals surface area contributed by atoms with Crippen molar-refractivity contribution in [1.29, 1.82) is 0 Å². The number of benzene rings is 2. The van der Waals surface area contributed by atoms with E-state index >= 15 is 0 Å². The van der Waals surface area contributed by atoms with Gasteiger partial charge in [-0.2, -0.15) is 0 Å². The molecule has 0 spiro atoms. The van der Waals surface area contributed by atoms with Crippen LogP contribution in [-0.2, 0) is 17.8 Å². The van der Waals surface area contributed by atoms with Crippen molar-refractivity contribution in [3.8, 4) is 11.1 Å². The van der Waals surface area contributed by atoms with E-state index in [1.165, 1.54) is 27.9 Å². The van der Waals surface area contributed by atoms with Crippen LogP contribution in [0.5, 0.6) is 0 Å². The summed E-state index contributed by atoms with van der Waals surface area (Å²) in [6, 6.07) is 16.0. The first-order valence-corrected chi connectivity index (χ1v) is 14.6. The lowest BCUT2D eigenvalue weighted by molar-refractivity contribution is 0.122. The summed E-state index contributed by atoms with van der Waals surface area (Å²) < 4.78 is 5.51. The molecular weight excluding hydrogens is 474 g/mol. The van der Waals surface area contributed by atoms with Crippen molar-refractivity contribution in [2.75, 3.05) is 83.6 Å². The molecule has 0 amide bonds. The van der Waals surface area contributed by atoms with Crippen LogP contribution >= 0.6 is 0 Å². The minimum Gasteiger partial charge on any atom is -0.378 e. The molecule has 1 aliphatic rings.